The Bertz CT molecular complexity index is 1160. The van der Waals surface area contributed by atoms with Gasteiger partial charge in [0.1, 0.15) is 18.9 Å². The van der Waals surface area contributed by atoms with Gasteiger partial charge in [0, 0.05) is 4.47 Å². The highest BCUT2D eigenvalue weighted by Gasteiger charge is 2.27. The minimum absolute atomic E-state index is 0.127. The molecular weight excluding hydrogens is 492 g/mol. The van der Waals surface area contributed by atoms with Gasteiger partial charge in [-0.05, 0) is 61.9 Å². The number of anilines is 1. The lowest BCUT2D eigenvalue weighted by molar-refractivity contribution is -0.119. The van der Waals surface area contributed by atoms with Crippen LogP contribution >= 0.6 is 15.9 Å². The minimum Gasteiger partial charge on any atom is -0.491 e. The van der Waals surface area contributed by atoms with E-state index in [0.717, 1.165) is 25.7 Å². The summed E-state index contributed by atoms with van der Waals surface area (Å²) in [6.07, 6.45) is 0. The highest BCUT2D eigenvalue weighted by atomic mass is 79.9. The highest BCUT2D eigenvalue weighted by molar-refractivity contribution is 9.10. The maximum atomic E-state index is 13.3. The predicted octanol–water partition coefficient (Wildman–Crippen LogP) is 4.46. The Morgan fingerprint density at radius 3 is 2.28 bits per heavy atom. The molecule has 0 spiro atoms. The number of hydrogen-bond acceptors (Lipinski definition) is 4. The van der Waals surface area contributed by atoms with Crippen LogP contribution in [-0.4, -0.2) is 34.0 Å². The van der Waals surface area contributed by atoms with Gasteiger partial charge in [0.2, 0.25) is 5.91 Å². The van der Waals surface area contributed by atoms with Crippen LogP contribution in [0.4, 0.5) is 5.69 Å². The summed E-state index contributed by atoms with van der Waals surface area (Å²) < 4.78 is 34.3. The van der Waals surface area contributed by atoms with Crippen molar-refractivity contribution in [2.45, 2.75) is 18.7 Å². The van der Waals surface area contributed by atoms with E-state index in [0.29, 0.717) is 5.69 Å². The summed E-state index contributed by atoms with van der Waals surface area (Å²) in [4.78, 5) is 12.7. The SMILES string of the molecule is Cc1ccc(S(=O)(=O)N(CC(=O)NCCOc2ccccc2C)c2ccc(Br)cc2)cc1. The van der Waals surface area contributed by atoms with Gasteiger partial charge in [-0.25, -0.2) is 8.42 Å². The summed E-state index contributed by atoms with van der Waals surface area (Å²) in [5, 5.41) is 2.74. The Hall–Kier alpha value is -2.84. The monoisotopic (exact) mass is 516 g/mol. The number of nitrogens with zero attached hydrogens (tertiary/aromatic N) is 1. The normalized spacial score (nSPS) is 11.1. The van der Waals surface area contributed by atoms with Crippen LogP contribution in [0.3, 0.4) is 0 Å². The number of sulfonamides is 1. The second-order valence-corrected chi connectivity index (χ2v) is 10.0. The Morgan fingerprint density at radius 1 is 0.969 bits per heavy atom. The van der Waals surface area contributed by atoms with Gasteiger partial charge in [0.15, 0.2) is 0 Å². The fourth-order valence-corrected chi connectivity index (χ4v) is 4.70. The topological polar surface area (TPSA) is 75.7 Å². The van der Waals surface area contributed by atoms with E-state index >= 15 is 0 Å². The van der Waals surface area contributed by atoms with Crippen LogP contribution in [0.2, 0.25) is 0 Å². The van der Waals surface area contributed by atoms with E-state index in [4.69, 9.17) is 4.74 Å². The number of benzene rings is 3. The second kappa shape index (κ2) is 10.7. The Kier molecular flexibility index (Phi) is 7.93. The number of carbonyl (C=O) groups is 1. The molecule has 3 aromatic rings. The van der Waals surface area contributed by atoms with Gasteiger partial charge >= 0.3 is 0 Å². The van der Waals surface area contributed by atoms with Crippen molar-refractivity contribution in [1.29, 1.82) is 0 Å². The molecule has 32 heavy (non-hydrogen) atoms. The first-order chi connectivity index (χ1) is 15.3. The Balaban J connectivity index is 1.71. The molecule has 0 aliphatic rings. The maximum Gasteiger partial charge on any atom is 0.264 e. The van der Waals surface area contributed by atoms with Crippen molar-refractivity contribution in [2.24, 2.45) is 0 Å². The zero-order valence-electron chi connectivity index (χ0n) is 17.9. The molecule has 0 atom stereocenters. The number of para-hydroxylation sites is 1. The lowest BCUT2D eigenvalue weighted by atomic mass is 10.2. The standard InChI is InChI=1S/C24H25BrN2O4S/c1-18-7-13-22(14-8-18)32(29,30)27(21-11-9-20(25)10-12-21)17-24(28)26-15-16-31-23-6-4-3-5-19(23)2/h3-14H,15-17H2,1-2H3,(H,26,28). The fourth-order valence-electron chi connectivity index (χ4n) is 3.02. The molecule has 0 heterocycles. The Morgan fingerprint density at radius 2 is 1.62 bits per heavy atom. The molecule has 0 radical (unpaired) electrons. The van der Waals surface area contributed by atoms with Crippen LogP contribution in [0.25, 0.3) is 0 Å². The summed E-state index contributed by atoms with van der Waals surface area (Å²) >= 11 is 3.35. The van der Waals surface area contributed by atoms with Crippen LogP contribution in [-0.2, 0) is 14.8 Å². The lowest BCUT2D eigenvalue weighted by Crippen LogP contribution is -2.41. The fraction of sp³-hybridized carbons (Fsp3) is 0.208. The van der Waals surface area contributed by atoms with Crippen LogP contribution in [0.1, 0.15) is 11.1 Å². The molecule has 1 amide bonds. The Labute approximate surface area is 197 Å². The number of halogens is 1. The number of aryl methyl sites for hydroxylation is 2. The van der Waals surface area contributed by atoms with E-state index < -0.39 is 15.9 Å². The minimum atomic E-state index is -3.93. The summed E-state index contributed by atoms with van der Waals surface area (Å²) in [5.41, 5.74) is 2.36. The third-order valence-corrected chi connectivity index (χ3v) is 7.10. The van der Waals surface area contributed by atoms with Gasteiger partial charge in [-0.1, -0.05) is 51.8 Å². The van der Waals surface area contributed by atoms with Crippen LogP contribution < -0.4 is 14.4 Å². The van der Waals surface area contributed by atoms with Crippen molar-refractivity contribution in [2.75, 3.05) is 24.0 Å². The molecule has 3 aromatic carbocycles. The van der Waals surface area contributed by atoms with Crippen LogP contribution in [0, 0.1) is 13.8 Å². The summed E-state index contributed by atoms with van der Waals surface area (Å²) in [6, 6.07) is 21.0. The van der Waals surface area contributed by atoms with Crippen molar-refractivity contribution < 1.29 is 17.9 Å². The van der Waals surface area contributed by atoms with Gasteiger partial charge in [0.25, 0.3) is 10.0 Å². The number of rotatable bonds is 9. The van der Waals surface area contributed by atoms with Gasteiger partial charge in [-0.15, -0.1) is 0 Å². The zero-order valence-corrected chi connectivity index (χ0v) is 20.3. The van der Waals surface area contributed by atoms with E-state index in [2.05, 4.69) is 21.2 Å². The largest absolute Gasteiger partial charge is 0.491 e. The molecule has 0 unspecified atom stereocenters. The van der Waals surface area contributed by atoms with E-state index in [1.165, 1.54) is 0 Å². The summed E-state index contributed by atoms with van der Waals surface area (Å²) in [5.74, 6) is 0.331. The van der Waals surface area contributed by atoms with E-state index in [1.54, 1.807) is 48.5 Å². The molecule has 0 saturated carbocycles. The number of carbonyl (C=O) groups excluding carboxylic acids is 1. The molecule has 0 bridgehead atoms. The predicted molar refractivity (Wildman–Crippen MR) is 130 cm³/mol. The molecule has 0 saturated heterocycles. The first kappa shape index (κ1) is 23.8. The summed E-state index contributed by atoms with van der Waals surface area (Å²) in [7, 11) is -3.93. The van der Waals surface area contributed by atoms with Crippen molar-refractivity contribution in [1.82, 2.24) is 5.32 Å². The summed E-state index contributed by atoms with van der Waals surface area (Å²) in [6.45, 7) is 4.02. The highest BCUT2D eigenvalue weighted by Crippen LogP contribution is 2.25. The van der Waals surface area contributed by atoms with Crippen LogP contribution in [0.15, 0.2) is 82.2 Å². The number of nitrogens with one attached hydrogen (secondary N) is 1. The number of ether oxygens (including phenoxy) is 1. The molecule has 6 nitrogen and oxygen atoms in total. The van der Waals surface area contributed by atoms with E-state index in [1.807, 2.05) is 38.1 Å². The van der Waals surface area contributed by atoms with Crippen molar-refractivity contribution in [3.63, 3.8) is 0 Å². The average Bonchev–Trinajstić information content (AvgIpc) is 2.77. The third-order valence-electron chi connectivity index (χ3n) is 4.79. The zero-order chi connectivity index (χ0) is 23.1. The average molecular weight is 517 g/mol. The lowest BCUT2D eigenvalue weighted by Gasteiger charge is -2.24. The van der Waals surface area contributed by atoms with Gasteiger partial charge in [-0.2, -0.15) is 0 Å². The van der Waals surface area contributed by atoms with Gasteiger partial charge in [0.05, 0.1) is 17.1 Å². The first-order valence-electron chi connectivity index (χ1n) is 10.1. The van der Waals surface area contributed by atoms with E-state index in [-0.39, 0.29) is 24.6 Å². The maximum absolute atomic E-state index is 13.3. The van der Waals surface area contributed by atoms with Crippen molar-refractivity contribution in [3.8, 4) is 5.75 Å². The molecule has 0 aromatic heterocycles. The quantitative estimate of drug-likeness (QED) is 0.426. The second-order valence-electron chi connectivity index (χ2n) is 7.27. The molecule has 0 aliphatic heterocycles. The van der Waals surface area contributed by atoms with E-state index in [9.17, 15) is 13.2 Å². The third kappa shape index (κ3) is 6.11. The molecule has 1 N–H and O–H groups in total. The smallest absolute Gasteiger partial charge is 0.264 e. The molecule has 8 heteroatoms. The number of hydrogen-bond donors (Lipinski definition) is 1. The molecule has 0 fully saturated rings. The molecule has 0 aliphatic carbocycles. The molecular formula is C24H25BrN2O4S. The van der Waals surface area contributed by atoms with Crippen molar-refractivity contribution >= 4 is 37.5 Å². The molecule has 3 rings (SSSR count). The van der Waals surface area contributed by atoms with Crippen LogP contribution in [0.5, 0.6) is 5.75 Å². The van der Waals surface area contributed by atoms with Crippen molar-refractivity contribution in [3.05, 3.63) is 88.4 Å². The van der Waals surface area contributed by atoms with Gasteiger partial charge in [-0.3, -0.25) is 9.10 Å². The number of amides is 1. The first-order valence-corrected chi connectivity index (χ1v) is 12.3. The molecule has 168 valence electrons. The van der Waals surface area contributed by atoms with Gasteiger partial charge < -0.3 is 10.1 Å².